The Balaban J connectivity index is 1.11. The van der Waals surface area contributed by atoms with E-state index in [4.69, 9.17) is 19.4 Å². The maximum absolute atomic E-state index is 6.88. The van der Waals surface area contributed by atoms with Gasteiger partial charge >= 0.3 is 0 Å². The second-order valence-corrected chi connectivity index (χ2v) is 15.0. The topological polar surface area (TPSA) is 51.8 Å². The second kappa shape index (κ2) is 13.3. The largest absolute Gasteiger partial charge is 0.455 e. The van der Waals surface area contributed by atoms with Crippen molar-refractivity contribution >= 4 is 53.4 Å². The summed E-state index contributed by atoms with van der Waals surface area (Å²) in [6.45, 7) is 0. The average Bonchev–Trinajstić information content (AvgIpc) is 3.86. The number of nitrogens with zero attached hydrogens (tertiary/aromatic N) is 3. The Hall–Kier alpha value is -7.21. The standard InChI is InChI=1S/C51H31N3OS/c1-4-14-32(15-5-1)33-26-28-36(29-27-33)50-52-49(35-18-8-3-9-19-35)53-51(54-50)42-23-13-24-43-46(42)41-22-12-21-39(47(41)55-43)38-30-31-40-37-20-10-11-25-44(37)56-48(40)45(38)34-16-6-2-7-17-34/h1-31H. The van der Waals surface area contributed by atoms with E-state index >= 15 is 0 Å². The van der Waals surface area contributed by atoms with Crippen LogP contribution in [0.5, 0.6) is 0 Å². The van der Waals surface area contributed by atoms with Gasteiger partial charge in [-0.15, -0.1) is 11.3 Å². The molecule has 262 valence electrons. The van der Waals surface area contributed by atoms with E-state index in [1.807, 2.05) is 59.9 Å². The van der Waals surface area contributed by atoms with Crippen LogP contribution in [0.4, 0.5) is 0 Å². The number of hydrogen-bond acceptors (Lipinski definition) is 5. The molecule has 0 spiro atoms. The molecule has 3 aromatic heterocycles. The third-order valence-corrected chi connectivity index (χ3v) is 11.8. The summed E-state index contributed by atoms with van der Waals surface area (Å²) in [5.41, 5.74) is 11.2. The lowest BCUT2D eigenvalue weighted by molar-refractivity contribution is 0.670. The van der Waals surface area contributed by atoms with E-state index in [9.17, 15) is 0 Å². The monoisotopic (exact) mass is 733 g/mol. The Morgan fingerprint density at radius 1 is 0.357 bits per heavy atom. The van der Waals surface area contributed by atoms with Crippen LogP contribution in [-0.4, -0.2) is 15.0 Å². The van der Waals surface area contributed by atoms with Crippen LogP contribution in [0.1, 0.15) is 0 Å². The molecule has 0 unspecified atom stereocenters. The third-order valence-electron chi connectivity index (χ3n) is 10.6. The molecular formula is C51H31N3OS. The van der Waals surface area contributed by atoms with E-state index in [1.165, 1.54) is 31.3 Å². The first-order valence-electron chi connectivity index (χ1n) is 18.7. The molecule has 0 aliphatic rings. The smallest absolute Gasteiger partial charge is 0.164 e. The Bertz CT molecular complexity index is 3230. The van der Waals surface area contributed by atoms with Crippen LogP contribution < -0.4 is 0 Å². The summed E-state index contributed by atoms with van der Waals surface area (Å²) in [4.78, 5) is 15.3. The van der Waals surface area contributed by atoms with Crippen molar-refractivity contribution in [2.24, 2.45) is 0 Å². The van der Waals surface area contributed by atoms with Crippen molar-refractivity contribution < 1.29 is 4.42 Å². The van der Waals surface area contributed by atoms with Crippen molar-refractivity contribution in [1.82, 2.24) is 15.0 Å². The number of fused-ring (bicyclic) bond motifs is 6. The van der Waals surface area contributed by atoms with Crippen molar-refractivity contribution in [1.29, 1.82) is 0 Å². The molecule has 11 rings (SSSR count). The van der Waals surface area contributed by atoms with Gasteiger partial charge in [-0.2, -0.15) is 0 Å². The van der Waals surface area contributed by atoms with Gasteiger partial charge in [0, 0.05) is 58.8 Å². The highest BCUT2D eigenvalue weighted by Gasteiger charge is 2.22. The number of aromatic nitrogens is 3. The Labute approximate surface area is 327 Å². The summed E-state index contributed by atoms with van der Waals surface area (Å²) in [6, 6.07) is 65.5. The molecule has 0 N–H and O–H groups in total. The zero-order valence-corrected chi connectivity index (χ0v) is 30.9. The first-order valence-corrected chi connectivity index (χ1v) is 19.5. The van der Waals surface area contributed by atoms with Gasteiger partial charge in [-0.3, -0.25) is 0 Å². The molecule has 5 heteroatoms. The van der Waals surface area contributed by atoms with Gasteiger partial charge in [0.25, 0.3) is 0 Å². The molecule has 56 heavy (non-hydrogen) atoms. The third kappa shape index (κ3) is 5.40. The van der Waals surface area contributed by atoms with Crippen molar-refractivity contribution in [3.63, 3.8) is 0 Å². The van der Waals surface area contributed by atoms with Gasteiger partial charge in [-0.25, -0.2) is 15.0 Å². The fourth-order valence-electron chi connectivity index (χ4n) is 7.94. The average molecular weight is 734 g/mol. The van der Waals surface area contributed by atoms with Crippen molar-refractivity contribution in [2.75, 3.05) is 0 Å². The minimum atomic E-state index is 0.594. The minimum Gasteiger partial charge on any atom is -0.455 e. The Kier molecular flexibility index (Phi) is 7.64. The Morgan fingerprint density at radius 2 is 0.911 bits per heavy atom. The predicted molar refractivity (Wildman–Crippen MR) is 233 cm³/mol. The van der Waals surface area contributed by atoms with E-state index in [1.54, 1.807) is 0 Å². The summed E-state index contributed by atoms with van der Waals surface area (Å²) in [6.07, 6.45) is 0. The maximum Gasteiger partial charge on any atom is 0.164 e. The predicted octanol–water partition coefficient (Wildman–Crippen LogP) is 14.1. The van der Waals surface area contributed by atoms with E-state index in [-0.39, 0.29) is 0 Å². The van der Waals surface area contributed by atoms with E-state index < -0.39 is 0 Å². The van der Waals surface area contributed by atoms with Crippen LogP contribution in [0.2, 0.25) is 0 Å². The molecule has 0 bridgehead atoms. The fraction of sp³-hybridized carbons (Fsp3) is 0. The molecule has 11 aromatic rings. The Morgan fingerprint density at radius 3 is 1.66 bits per heavy atom. The number of hydrogen-bond donors (Lipinski definition) is 0. The van der Waals surface area contributed by atoms with Crippen LogP contribution in [-0.2, 0) is 0 Å². The van der Waals surface area contributed by atoms with Gasteiger partial charge in [0.2, 0.25) is 0 Å². The molecule has 0 saturated heterocycles. The van der Waals surface area contributed by atoms with Crippen LogP contribution in [0.15, 0.2) is 192 Å². The van der Waals surface area contributed by atoms with Crippen molar-refractivity contribution in [2.45, 2.75) is 0 Å². The molecular weight excluding hydrogens is 703 g/mol. The summed E-state index contributed by atoms with van der Waals surface area (Å²) in [7, 11) is 0. The van der Waals surface area contributed by atoms with Crippen molar-refractivity contribution in [3.8, 4) is 67.5 Å². The van der Waals surface area contributed by atoms with Gasteiger partial charge in [0.05, 0.1) is 0 Å². The molecule has 3 heterocycles. The lowest BCUT2D eigenvalue weighted by Gasteiger charge is -2.13. The summed E-state index contributed by atoms with van der Waals surface area (Å²) in [5, 5.41) is 4.53. The van der Waals surface area contributed by atoms with Gasteiger partial charge < -0.3 is 4.42 Å². The number of thiophene rings is 1. The lowest BCUT2D eigenvalue weighted by atomic mass is 9.91. The van der Waals surface area contributed by atoms with E-state index in [0.717, 1.165) is 60.9 Å². The number of benzene rings is 8. The number of para-hydroxylation sites is 1. The van der Waals surface area contributed by atoms with Gasteiger partial charge in [-0.05, 0) is 34.4 Å². The first kappa shape index (κ1) is 32.2. The summed E-state index contributed by atoms with van der Waals surface area (Å²) < 4.78 is 9.43. The summed E-state index contributed by atoms with van der Waals surface area (Å²) in [5.74, 6) is 1.83. The molecule has 0 aliphatic heterocycles. The fourth-order valence-corrected chi connectivity index (χ4v) is 9.21. The SMILES string of the molecule is c1ccc(-c2ccc(-c3nc(-c4ccccc4)nc(-c4cccc5oc6c(-c7ccc8c(sc9ccccc98)c7-c7ccccc7)cccc6c45)n3)cc2)cc1. The molecule has 0 radical (unpaired) electrons. The molecule has 0 aliphatic carbocycles. The van der Waals surface area contributed by atoms with E-state index in [0.29, 0.717) is 17.5 Å². The summed E-state index contributed by atoms with van der Waals surface area (Å²) >= 11 is 1.85. The normalized spacial score (nSPS) is 11.6. The van der Waals surface area contributed by atoms with Crippen molar-refractivity contribution in [3.05, 3.63) is 188 Å². The molecule has 0 saturated carbocycles. The number of rotatable bonds is 6. The first-order chi connectivity index (χ1) is 27.8. The van der Waals surface area contributed by atoms with Crippen LogP contribution in [0, 0.1) is 0 Å². The zero-order chi connectivity index (χ0) is 37.0. The lowest BCUT2D eigenvalue weighted by Crippen LogP contribution is -2.00. The van der Waals surface area contributed by atoms with E-state index in [2.05, 4.69) is 140 Å². The van der Waals surface area contributed by atoms with Crippen LogP contribution in [0.25, 0.3) is 110 Å². The quantitative estimate of drug-likeness (QED) is 0.171. The second-order valence-electron chi connectivity index (χ2n) is 13.9. The highest BCUT2D eigenvalue weighted by atomic mass is 32.1. The molecule has 4 nitrogen and oxygen atoms in total. The zero-order valence-electron chi connectivity index (χ0n) is 30.1. The van der Waals surface area contributed by atoms with Gasteiger partial charge in [-0.1, -0.05) is 176 Å². The van der Waals surface area contributed by atoms with Gasteiger partial charge in [0.15, 0.2) is 17.5 Å². The number of furan rings is 1. The van der Waals surface area contributed by atoms with Crippen LogP contribution >= 0.6 is 11.3 Å². The molecule has 0 atom stereocenters. The van der Waals surface area contributed by atoms with Crippen LogP contribution in [0.3, 0.4) is 0 Å². The molecule has 8 aromatic carbocycles. The van der Waals surface area contributed by atoms with Gasteiger partial charge in [0.1, 0.15) is 11.2 Å². The molecule has 0 amide bonds. The highest BCUT2D eigenvalue weighted by molar-refractivity contribution is 7.26. The molecule has 0 fully saturated rings. The minimum absolute atomic E-state index is 0.594. The maximum atomic E-state index is 6.88. The highest BCUT2D eigenvalue weighted by Crippen LogP contribution is 2.47.